The summed E-state index contributed by atoms with van der Waals surface area (Å²) in [6.45, 7) is 0.509. The normalized spacial score (nSPS) is 12.0. The van der Waals surface area contributed by atoms with Gasteiger partial charge in [0.05, 0.1) is 12.9 Å². The smallest absolute Gasteiger partial charge is 0.238 e. The molecule has 0 bridgehead atoms. The fraction of sp³-hybridized carbons (Fsp3) is 0.160. The SMILES string of the molecule is COc1nccc2c(-c3cc(CS(N)(=O)=O)c4ccn(Cc5ccc(F)cc5)c4c3)cn(C)c12. The Morgan fingerprint density at radius 2 is 1.85 bits per heavy atom. The predicted molar refractivity (Wildman–Crippen MR) is 131 cm³/mol. The van der Waals surface area contributed by atoms with Crippen molar-refractivity contribution in [2.45, 2.75) is 12.3 Å². The molecule has 2 aromatic carbocycles. The molecule has 0 aliphatic heterocycles. The van der Waals surface area contributed by atoms with Crippen LogP contribution in [0.3, 0.4) is 0 Å². The van der Waals surface area contributed by atoms with Gasteiger partial charge in [0, 0.05) is 54.0 Å². The average Bonchev–Trinajstić information content (AvgIpc) is 3.35. The van der Waals surface area contributed by atoms with Crippen molar-refractivity contribution in [1.29, 1.82) is 0 Å². The van der Waals surface area contributed by atoms with E-state index in [1.807, 2.05) is 52.8 Å². The summed E-state index contributed by atoms with van der Waals surface area (Å²) in [6.07, 6.45) is 5.57. The number of hydrogen-bond acceptors (Lipinski definition) is 4. The largest absolute Gasteiger partial charge is 0.479 e. The molecule has 0 saturated carbocycles. The maximum absolute atomic E-state index is 13.4. The number of ether oxygens (including phenoxy) is 1. The summed E-state index contributed by atoms with van der Waals surface area (Å²) in [5.41, 5.74) is 5.02. The van der Waals surface area contributed by atoms with Crippen LogP contribution >= 0.6 is 0 Å². The average molecular weight is 479 g/mol. The van der Waals surface area contributed by atoms with Crippen LogP contribution in [0.2, 0.25) is 0 Å². The van der Waals surface area contributed by atoms with Crippen LogP contribution in [0.15, 0.2) is 67.1 Å². The molecule has 0 radical (unpaired) electrons. The van der Waals surface area contributed by atoms with E-state index in [2.05, 4.69) is 4.98 Å². The van der Waals surface area contributed by atoms with Crippen molar-refractivity contribution in [1.82, 2.24) is 14.1 Å². The number of primary sulfonamides is 1. The zero-order valence-corrected chi connectivity index (χ0v) is 19.5. The summed E-state index contributed by atoms with van der Waals surface area (Å²) >= 11 is 0. The van der Waals surface area contributed by atoms with Crippen molar-refractivity contribution in [3.63, 3.8) is 0 Å². The summed E-state index contributed by atoms with van der Waals surface area (Å²) in [5.74, 6) is -0.0652. The molecule has 0 aliphatic rings. The Morgan fingerprint density at radius 1 is 1.09 bits per heavy atom. The fourth-order valence-corrected chi connectivity index (χ4v) is 5.16. The van der Waals surface area contributed by atoms with Crippen LogP contribution in [-0.2, 0) is 29.4 Å². The zero-order valence-electron chi connectivity index (χ0n) is 18.7. The Balaban J connectivity index is 1.72. The van der Waals surface area contributed by atoms with Gasteiger partial charge in [-0.25, -0.2) is 22.9 Å². The maximum Gasteiger partial charge on any atom is 0.238 e. The van der Waals surface area contributed by atoms with E-state index in [4.69, 9.17) is 9.88 Å². The van der Waals surface area contributed by atoms with E-state index in [9.17, 15) is 12.8 Å². The highest BCUT2D eigenvalue weighted by Gasteiger charge is 2.18. The molecule has 0 amide bonds. The molecule has 5 aromatic rings. The Morgan fingerprint density at radius 3 is 2.56 bits per heavy atom. The van der Waals surface area contributed by atoms with Crippen LogP contribution in [0.5, 0.6) is 5.88 Å². The number of fused-ring (bicyclic) bond motifs is 2. The minimum atomic E-state index is -3.76. The first-order valence-corrected chi connectivity index (χ1v) is 12.3. The molecule has 3 aromatic heterocycles. The minimum absolute atomic E-state index is 0.284. The maximum atomic E-state index is 13.4. The van der Waals surface area contributed by atoms with Crippen molar-refractivity contribution in [3.05, 3.63) is 84.1 Å². The van der Waals surface area contributed by atoms with Crippen LogP contribution in [0.4, 0.5) is 4.39 Å². The van der Waals surface area contributed by atoms with Gasteiger partial charge in [0.2, 0.25) is 15.9 Å². The summed E-state index contributed by atoms with van der Waals surface area (Å²) < 4.78 is 46.8. The van der Waals surface area contributed by atoms with Crippen LogP contribution in [0, 0.1) is 5.82 Å². The van der Waals surface area contributed by atoms with E-state index in [1.165, 1.54) is 12.1 Å². The number of pyridine rings is 1. The number of methoxy groups -OCH3 is 1. The number of benzene rings is 2. The second-order valence-electron chi connectivity index (χ2n) is 8.32. The number of aryl methyl sites for hydroxylation is 1. The summed E-state index contributed by atoms with van der Waals surface area (Å²) in [4.78, 5) is 4.30. The first kappa shape index (κ1) is 22.1. The van der Waals surface area contributed by atoms with E-state index in [1.54, 1.807) is 25.4 Å². The molecule has 3 heterocycles. The van der Waals surface area contributed by atoms with Gasteiger partial charge >= 0.3 is 0 Å². The van der Waals surface area contributed by atoms with Gasteiger partial charge in [0.25, 0.3) is 0 Å². The predicted octanol–water partition coefficient (Wildman–Crippen LogP) is 4.18. The topological polar surface area (TPSA) is 92.1 Å². The number of nitrogens with zero attached hydrogens (tertiary/aromatic N) is 3. The lowest BCUT2D eigenvalue weighted by molar-refractivity contribution is 0.401. The van der Waals surface area contributed by atoms with Crippen LogP contribution in [-0.4, -0.2) is 29.6 Å². The molecule has 7 nitrogen and oxygen atoms in total. The minimum Gasteiger partial charge on any atom is -0.479 e. The number of hydrogen-bond donors (Lipinski definition) is 1. The lowest BCUT2D eigenvalue weighted by Crippen LogP contribution is -2.14. The monoisotopic (exact) mass is 478 g/mol. The van der Waals surface area contributed by atoms with Crippen molar-refractivity contribution >= 4 is 31.8 Å². The van der Waals surface area contributed by atoms with Gasteiger partial charge in [-0.2, -0.15) is 0 Å². The first-order chi connectivity index (χ1) is 16.2. The molecule has 0 fully saturated rings. The molecule has 174 valence electrons. The highest BCUT2D eigenvalue weighted by atomic mass is 32.2. The second kappa shape index (κ2) is 8.27. The van der Waals surface area contributed by atoms with Gasteiger partial charge < -0.3 is 13.9 Å². The molecule has 2 N–H and O–H groups in total. The van der Waals surface area contributed by atoms with Crippen molar-refractivity contribution in [2.24, 2.45) is 12.2 Å². The number of rotatable bonds is 6. The van der Waals surface area contributed by atoms with Gasteiger partial charge in [0.1, 0.15) is 11.3 Å². The Hall–Kier alpha value is -3.69. The molecule has 0 spiro atoms. The van der Waals surface area contributed by atoms with Gasteiger partial charge in [-0.1, -0.05) is 12.1 Å². The highest BCUT2D eigenvalue weighted by Crippen LogP contribution is 2.37. The third-order valence-corrected chi connectivity index (χ3v) is 6.67. The van der Waals surface area contributed by atoms with Crippen LogP contribution in [0.1, 0.15) is 11.1 Å². The van der Waals surface area contributed by atoms with E-state index < -0.39 is 10.0 Å². The third-order valence-electron chi connectivity index (χ3n) is 5.96. The molecular formula is C25H23FN4O3S. The lowest BCUT2D eigenvalue weighted by atomic mass is 10.0. The van der Waals surface area contributed by atoms with E-state index in [0.29, 0.717) is 18.0 Å². The molecule has 0 atom stereocenters. The second-order valence-corrected chi connectivity index (χ2v) is 9.93. The molecule has 0 unspecified atom stereocenters. The Labute approximate surface area is 196 Å². The fourth-order valence-electron chi connectivity index (χ4n) is 4.49. The van der Waals surface area contributed by atoms with E-state index in [-0.39, 0.29) is 11.6 Å². The molecular weight excluding hydrogens is 455 g/mol. The molecule has 5 rings (SSSR count). The van der Waals surface area contributed by atoms with E-state index >= 15 is 0 Å². The Kier molecular flexibility index (Phi) is 5.38. The molecule has 34 heavy (non-hydrogen) atoms. The van der Waals surface area contributed by atoms with Gasteiger partial charge in [-0.05, 0) is 53.1 Å². The highest BCUT2D eigenvalue weighted by molar-refractivity contribution is 7.88. The lowest BCUT2D eigenvalue weighted by Gasteiger charge is -2.11. The van der Waals surface area contributed by atoms with Crippen molar-refractivity contribution in [3.8, 4) is 17.0 Å². The number of sulfonamides is 1. The Bertz CT molecular complexity index is 1640. The number of aromatic nitrogens is 3. The van der Waals surface area contributed by atoms with Crippen molar-refractivity contribution < 1.29 is 17.5 Å². The van der Waals surface area contributed by atoms with Crippen LogP contribution in [0.25, 0.3) is 32.9 Å². The summed E-state index contributed by atoms with van der Waals surface area (Å²) in [7, 11) is -0.266. The number of halogens is 1. The molecule has 0 aliphatic carbocycles. The number of nitrogens with two attached hydrogens (primary N) is 1. The quantitative estimate of drug-likeness (QED) is 0.396. The van der Waals surface area contributed by atoms with Crippen LogP contribution < -0.4 is 9.88 Å². The zero-order chi connectivity index (χ0) is 24.0. The van der Waals surface area contributed by atoms with Crippen molar-refractivity contribution in [2.75, 3.05) is 7.11 Å². The van der Waals surface area contributed by atoms with Gasteiger partial charge in [-0.15, -0.1) is 0 Å². The standard InChI is InChI=1S/C25H23FN4O3S/c1-29-14-22(21-7-9-28-25(33-2)24(21)29)17-11-18(15-34(27,31)32)20-8-10-30(23(20)12-17)13-16-3-5-19(26)6-4-16/h3-12,14H,13,15H2,1-2H3,(H2,27,31,32). The molecule has 0 saturated heterocycles. The third kappa shape index (κ3) is 4.04. The van der Waals surface area contributed by atoms with E-state index in [0.717, 1.165) is 38.5 Å². The summed E-state index contributed by atoms with van der Waals surface area (Å²) in [5, 5.41) is 7.17. The molecule has 9 heteroatoms. The van der Waals surface area contributed by atoms with Gasteiger partial charge in [-0.3, -0.25) is 0 Å². The van der Waals surface area contributed by atoms with Gasteiger partial charge in [0.15, 0.2) is 0 Å². The summed E-state index contributed by atoms with van der Waals surface area (Å²) in [6, 6.07) is 14.0. The first-order valence-electron chi connectivity index (χ1n) is 10.6.